The molecule has 0 rings (SSSR count). The summed E-state index contributed by atoms with van der Waals surface area (Å²) in [6.45, 7) is 11.6. The molecular formula is C14H26N2. The molecule has 0 saturated heterocycles. The summed E-state index contributed by atoms with van der Waals surface area (Å²) in [5.41, 5.74) is 0. The first-order valence-corrected chi connectivity index (χ1v) is 6.42. The molecule has 0 saturated carbocycles. The Morgan fingerprint density at radius 2 is 1.94 bits per heavy atom. The van der Waals surface area contributed by atoms with Crippen molar-refractivity contribution in [3.05, 3.63) is 12.8 Å². The molecule has 16 heavy (non-hydrogen) atoms. The van der Waals surface area contributed by atoms with Crippen LogP contribution in [0.1, 0.15) is 58.8 Å². The molecule has 0 aromatic carbocycles. The Morgan fingerprint density at radius 1 is 1.19 bits per heavy atom. The lowest BCUT2D eigenvalue weighted by atomic mass is 9.93. The Labute approximate surface area is 101 Å². The maximum Gasteiger partial charge on any atom is 0.127 e. The second-order valence-electron chi connectivity index (χ2n) is 4.24. The minimum absolute atomic E-state index is 0.709. The van der Waals surface area contributed by atoms with Crippen LogP contribution in [0.2, 0.25) is 0 Å². The Hall–Kier alpha value is -0.920. The smallest absolute Gasteiger partial charge is 0.127 e. The first kappa shape index (κ1) is 15.1. The topological polar surface area (TPSA) is 24.7 Å². The van der Waals surface area contributed by atoms with Crippen LogP contribution in [0.15, 0.2) is 22.8 Å². The summed E-state index contributed by atoms with van der Waals surface area (Å²) < 4.78 is 0. The summed E-state index contributed by atoms with van der Waals surface area (Å²) in [5, 5.41) is 0. The fourth-order valence-corrected chi connectivity index (χ4v) is 1.96. The van der Waals surface area contributed by atoms with Crippen molar-refractivity contribution in [2.24, 2.45) is 15.9 Å². The van der Waals surface area contributed by atoms with Gasteiger partial charge in [-0.25, -0.2) is 9.98 Å². The van der Waals surface area contributed by atoms with Gasteiger partial charge in [-0.15, -0.1) is 0 Å². The van der Waals surface area contributed by atoms with Gasteiger partial charge in [-0.05, 0) is 12.6 Å². The van der Waals surface area contributed by atoms with Crippen LogP contribution in [0.3, 0.4) is 0 Å². The average Bonchev–Trinajstić information content (AvgIpc) is 2.29. The van der Waals surface area contributed by atoms with E-state index in [1.54, 1.807) is 6.20 Å². The van der Waals surface area contributed by atoms with Gasteiger partial charge < -0.3 is 0 Å². The van der Waals surface area contributed by atoms with Gasteiger partial charge in [0.05, 0.1) is 0 Å². The zero-order valence-electron chi connectivity index (χ0n) is 10.9. The van der Waals surface area contributed by atoms with Gasteiger partial charge in [-0.2, -0.15) is 0 Å². The van der Waals surface area contributed by atoms with E-state index >= 15 is 0 Å². The second-order valence-corrected chi connectivity index (χ2v) is 4.24. The standard InChI is InChI=1S/C14H26N2/c1-5-8-9-11-13(10-6-2)12-14(15-4)16-7-3/h7,13H,3-6,8-12H2,1-2H3. The highest BCUT2D eigenvalue weighted by molar-refractivity contribution is 5.86. The normalized spacial score (nSPS) is 13.5. The van der Waals surface area contributed by atoms with Gasteiger partial charge in [-0.3, -0.25) is 0 Å². The monoisotopic (exact) mass is 222 g/mol. The van der Waals surface area contributed by atoms with Crippen LogP contribution in [-0.2, 0) is 0 Å². The fourth-order valence-electron chi connectivity index (χ4n) is 1.96. The highest BCUT2D eigenvalue weighted by Gasteiger charge is 2.10. The number of hydrogen-bond donors (Lipinski definition) is 0. The zero-order chi connectivity index (χ0) is 12.2. The predicted molar refractivity (Wildman–Crippen MR) is 74.3 cm³/mol. The third-order valence-corrected chi connectivity index (χ3v) is 2.81. The van der Waals surface area contributed by atoms with E-state index in [9.17, 15) is 0 Å². The van der Waals surface area contributed by atoms with E-state index < -0.39 is 0 Å². The Kier molecular flexibility index (Phi) is 9.98. The number of unbranched alkanes of at least 4 members (excludes halogenated alkanes) is 2. The average molecular weight is 222 g/mol. The van der Waals surface area contributed by atoms with Gasteiger partial charge in [0.25, 0.3) is 0 Å². The zero-order valence-corrected chi connectivity index (χ0v) is 10.9. The van der Waals surface area contributed by atoms with E-state index in [1.165, 1.54) is 38.5 Å². The molecule has 2 heteroatoms. The van der Waals surface area contributed by atoms with Crippen molar-refractivity contribution >= 4 is 12.6 Å². The maximum atomic E-state index is 4.14. The molecule has 0 aromatic rings. The molecule has 0 amide bonds. The summed E-state index contributed by atoms with van der Waals surface area (Å²) in [6, 6.07) is 0. The molecular weight excluding hydrogens is 196 g/mol. The van der Waals surface area contributed by atoms with Crippen LogP contribution in [0.4, 0.5) is 0 Å². The lowest BCUT2D eigenvalue weighted by Gasteiger charge is -2.15. The Morgan fingerprint density at radius 3 is 2.44 bits per heavy atom. The molecule has 1 atom stereocenters. The van der Waals surface area contributed by atoms with Crippen molar-refractivity contribution in [3.63, 3.8) is 0 Å². The van der Waals surface area contributed by atoms with Gasteiger partial charge in [-0.1, -0.05) is 59.0 Å². The molecule has 0 aliphatic rings. The molecule has 0 aliphatic carbocycles. The third-order valence-electron chi connectivity index (χ3n) is 2.81. The summed E-state index contributed by atoms with van der Waals surface area (Å²) in [6.07, 6.45) is 10.2. The third kappa shape index (κ3) is 7.38. The van der Waals surface area contributed by atoms with Crippen molar-refractivity contribution in [1.29, 1.82) is 0 Å². The van der Waals surface area contributed by atoms with Crippen molar-refractivity contribution in [3.8, 4) is 0 Å². The van der Waals surface area contributed by atoms with Gasteiger partial charge in [0.15, 0.2) is 0 Å². The van der Waals surface area contributed by atoms with Gasteiger partial charge >= 0.3 is 0 Å². The number of amidine groups is 1. The van der Waals surface area contributed by atoms with E-state index in [0.717, 1.165) is 12.3 Å². The quantitative estimate of drug-likeness (QED) is 0.309. The first-order chi connectivity index (χ1) is 7.78. The van der Waals surface area contributed by atoms with Crippen molar-refractivity contribution < 1.29 is 0 Å². The van der Waals surface area contributed by atoms with E-state index in [1.807, 2.05) is 0 Å². The minimum atomic E-state index is 0.709. The number of rotatable bonds is 9. The van der Waals surface area contributed by atoms with E-state index in [2.05, 4.69) is 37.1 Å². The number of aliphatic imine (C=N–C) groups is 2. The molecule has 0 N–H and O–H groups in total. The van der Waals surface area contributed by atoms with Gasteiger partial charge in [0, 0.05) is 12.6 Å². The van der Waals surface area contributed by atoms with E-state index in [0.29, 0.717) is 5.92 Å². The summed E-state index contributed by atoms with van der Waals surface area (Å²) in [4.78, 5) is 8.10. The summed E-state index contributed by atoms with van der Waals surface area (Å²) in [7, 11) is 0. The van der Waals surface area contributed by atoms with Gasteiger partial charge in [0.2, 0.25) is 0 Å². The van der Waals surface area contributed by atoms with Crippen LogP contribution in [-0.4, -0.2) is 12.6 Å². The minimum Gasteiger partial charge on any atom is -0.249 e. The predicted octanol–water partition coefficient (Wildman–Crippen LogP) is 4.62. The molecule has 0 aliphatic heterocycles. The molecule has 0 spiro atoms. The van der Waals surface area contributed by atoms with Crippen LogP contribution in [0.5, 0.6) is 0 Å². The van der Waals surface area contributed by atoms with Crippen LogP contribution >= 0.6 is 0 Å². The summed E-state index contributed by atoms with van der Waals surface area (Å²) in [5.74, 6) is 1.55. The van der Waals surface area contributed by atoms with Crippen molar-refractivity contribution in [1.82, 2.24) is 0 Å². The van der Waals surface area contributed by atoms with Crippen molar-refractivity contribution in [2.75, 3.05) is 0 Å². The number of hydrogen-bond acceptors (Lipinski definition) is 1. The molecule has 0 radical (unpaired) electrons. The lowest BCUT2D eigenvalue weighted by molar-refractivity contribution is 0.436. The Bertz CT molecular complexity index is 219. The highest BCUT2D eigenvalue weighted by atomic mass is 14.9. The van der Waals surface area contributed by atoms with Crippen molar-refractivity contribution in [2.45, 2.75) is 58.8 Å². The van der Waals surface area contributed by atoms with Crippen LogP contribution in [0.25, 0.3) is 0 Å². The Balaban J connectivity index is 4.13. The molecule has 2 nitrogen and oxygen atoms in total. The largest absolute Gasteiger partial charge is 0.249 e. The molecule has 0 heterocycles. The van der Waals surface area contributed by atoms with Crippen LogP contribution in [0, 0.1) is 5.92 Å². The molecule has 0 aromatic heterocycles. The molecule has 0 bridgehead atoms. The summed E-state index contributed by atoms with van der Waals surface area (Å²) >= 11 is 0. The lowest BCUT2D eigenvalue weighted by Crippen LogP contribution is -2.07. The van der Waals surface area contributed by atoms with E-state index in [-0.39, 0.29) is 0 Å². The van der Waals surface area contributed by atoms with Gasteiger partial charge in [0.1, 0.15) is 5.84 Å². The number of nitrogens with zero attached hydrogens (tertiary/aromatic N) is 2. The molecule has 1 unspecified atom stereocenters. The second kappa shape index (κ2) is 10.6. The van der Waals surface area contributed by atoms with Crippen LogP contribution < -0.4 is 0 Å². The molecule has 92 valence electrons. The highest BCUT2D eigenvalue weighted by Crippen LogP contribution is 2.20. The first-order valence-electron chi connectivity index (χ1n) is 6.42. The van der Waals surface area contributed by atoms with E-state index in [4.69, 9.17) is 0 Å². The fraction of sp³-hybridized carbons (Fsp3) is 0.714. The SMILES string of the molecule is C=CN=C(CC(CCC)CCCCC)N=C. The molecule has 0 fully saturated rings. The maximum absolute atomic E-state index is 4.14.